The van der Waals surface area contributed by atoms with E-state index in [9.17, 15) is 9.59 Å². The topological polar surface area (TPSA) is 112 Å². The van der Waals surface area contributed by atoms with Crippen LogP contribution >= 0.6 is 11.6 Å². The third kappa shape index (κ3) is 7.39. The summed E-state index contributed by atoms with van der Waals surface area (Å²) in [6.07, 6.45) is 1.61. The van der Waals surface area contributed by atoms with E-state index in [0.717, 1.165) is 18.4 Å². The molecule has 0 radical (unpaired) electrons. The van der Waals surface area contributed by atoms with Crippen molar-refractivity contribution < 1.29 is 23.8 Å². The SMILES string of the molecule is [C-]#[N+]C1=C(C(=O)OC2C(C)CC(C)CC2C)c2nc(-c3ccccc3)nn2C1=Nc1ccc(N(COCC)CC(=O)OCC)cc1Cl. The lowest BCUT2D eigenvalue weighted by Crippen LogP contribution is -2.37. The van der Waals surface area contributed by atoms with Crippen LogP contribution in [0.4, 0.5) is 11.4 Å². The molecule has 1 aliphatic carbocycles. The third-order valence-corrected chi connectivity index (χ3v) is 8.64. The Bertz CT molecular complexity index is 1720. The van der Waals surface area contributed by atoms with Gasteiger partial charge in [0, 0.05) is 17.9 Å². The van der Waals surface area contributed by atoms with Crippen LogP contribution in [0.2, 0.25) is 5.02 Å². The molecular formula is C35H39ClN6O5. The maximum atomic E-state index is 13.9. The molecule has 2 unspecified atom stereocenters. The maximum Gasteiger partial charge on any atom is 0.331 e. The summed E-state index contributed by atoms with van der Waals surface area (Å²) in [6.45, 7) is 19.0. The van der Waals surface area contributed by atoms with E-state index in [1.807, 2.05) is 37.3 Å². The van der Waals surface area contributed by atoms with Crippen LogP contribution in [0.25, 0.3) is 21.8 Å². The molecule has 5 rings (SSSR count). The number of carbonyl (C=O) groups excluding carboxylic acids is 2. The van der Waals surface area contributed by atoms with E-state index < -0.39 is 11.9 Å². The number of carbonyl (C=O) groups is 2. The Balaban J connectivity index is 1.55. The first kappa shape index (κ1) is 33.8. The number of rotatable bonds is 11. The van der Waals surface area contributed by atoms with Gasteiger partial charge in [0.15, 0.2) is 17.5 Å². The zero-order valence-electron chi connectivity index (χ0n) is 27.3. The summed E-state index contributed by atoms with van der Waals surface area (Å²) in [5, 5.41) is 4.93. The Kier molecular flexibility index (Phi) is 10.7. The van der Waals surface area contributed by atoms with Crippen molar-refractivity contribution >= 4 is 46.3 Å². The minimum Gasteiger partial charge on any atom is -0.465 e. The summed E-state index contributed by atoms with van der Waals surface area (Å²) in [5.74, 6) is 0.542. The zero-order valence-corrected chi connectivity index (χ0v) is 28.0. The molecule has 47 heavy (non-hydrogen) atoms. The van der Waals surface area contributed by atoms with Crippen LogP contribution < -0.4 is 4.90 Å². The van der Waals surface area contributed by atoms with E-state index in [-0.39, 0.29) is 65.8 Å². The first-order valence-electron chi connectivity index (χ1n) is 15.9. The van der Waals surface area contributed by atoms with Crippen molar-refractivity contribution in [2.45, 2.75) is 53.6 Å². The molecule has 246 valence electrons. The van der Waals surface area contributed by atoms with Crippen LogP contribution in [-0.2, 0) is 23.8 Å². The first-order chi connectivity index (χ1) is 22.6. The third-order valence-electron chi connectivity index (χ3n) is 8.34. The molecule has 11 nitrogen and oxygen atoms in total. The van der Waals surface area contributed by atoms with Crippen molar-refractivity contribution in [1.29, 1.82) is 0 Å². The van der Waals surface area contributed by atoms with Gasteiger partial charge in [-0.25, -0.2) is 24.3 Å². The Morgan fingerprint density at radius 2 is 1.81 bits per heavy atom. The Morgan fingerprint density at radius 1 is 1.09 bits per heavy atom. The number of ether oxygens (including phenoxy) is 3. The highest BCUT2D eigenvalue weighted by Crippen LogP contribution is 2.39. The van der Waals surface area contributed by atoms with Crippen LogP contribution in [0.3, 0.4) is 0 Å². The minimum absolute atomic E-state index is 0.0190. The lowest BCUT2D eigenvalue weighted by atomic mass is 9.75. The number of fused-ring (bicyclic) bond motifs is 1. The van der Waals surface area contributed by atoms with Gasteiger partial charge in [-0.05, 0) is 62.6 Å². The van der Waals surface area contributed by atoms with Gasteiger partial charge in [-0.1, -0.05) is 62.7 Å². The highest BCUT2D eigenvalue weighted by molar-refractivity contribution is 6.34. The molecule has 2 atom stereocenters. The Morgan fingerprint density at radius 3 is 2.45 bits per heavy atom. The van der Waals surface area contributed by atoms with Crippen LogP contribution in [0.5, 0.6) is 0 Å². The predicted molar refractivity (Wildman–Crippen MR) is 180 cm³/mol. The van der Waals surface area contributed by atoms with Gasteiger partial charge in [0.25, 0.3) is 0 Å². The molecule has 3 aromatic rings. The fraction of sp³-hybridized carbons (Fsp3) is 0.429. The summed E-state index contributed by atoms with van der Waals surface area (Å²) in [6, 6.07) is 14.5. The number of aromatic nitrogens is 3. The maximum absolute atomic E-state index is 13.9. The molecule has 2 aromatic carbocycles. The number of halogens is 1. The number of aliphatic imine (C=N–C) groups is 1. The quantitative estimate of drug-likeness (QED) is 0.126. The van der Waals surface area contributed by atoms with Gasteiger partial charge in [0.05, 0.1) is 23.9 Å². The van der Waals surface area contributed by atoms with Crippen molar-refractivity contribution in [3.05, 3.63) is 76.5 Å². The fourth-order valence-corrected chi connectivity index (χ4v) is 6.54. The van der Waals surface area contributed by atoms with E-state index in [0.29, 0.717) is 29.7 Å². The van der Waals surface area contributed by atoms with E-state index >= 15 is 0 Å². The van der Waals surface area contributed by atoms with Crippen LogP contribution in [0.15, 0.2) is 59.2 Å². The van der Waals surface area contributed by atoms with E-state index in [1.165, 1.54) is 4.68 Å². The van der Waals surface area contributed by atoms with Crippen molar-refractivity contribution in [2.24, 2.45) is 22.7 Å². The minimum atomic E-state index is -0.625. The van der Waals surface area contributed by atoms with E-state index in [4.69, 9.17) is 42.4 Å². The molecule has 0 amide bonds. The molecule has 2 heterocycles. The van der Waals surface area contributed by atoms with E-state index in [2.05, 4.69) is 30.7 Å². The molecule has 1 aliphatic heterocycles. The van der Waals surface area contributed by atoms with Crippen molar-refractivity contribution in [3.63, 3.8) is 0 Å². The normalized spacial score (nSPS) is 21.3. The van der Waals surface area contributed by atoms with Crippen LogP contribution in [-0.4, -0.2) is 65.1 Å². The van der Waals surface area contributed by atoms with Gasteiger partial charge in [-0.2, -0.15) is 0 Å². The Labute approximate surface area is 280 Å². The number of esters is 2. The second-order valence-corrected chi connectivity index (χ2v) is 12.4. The summed E-state index contributed by atoms with van der Waals surface area (Å²) >= 11 is 6.75. The van der Waals surface area contributed by atoms with E-state index in [1.54, 1.807) is 30.0 Å². The molecule has 1 aromatic heterocycles. The number of benzene rings is 2. The number of hydrogen-bond acceptors (Lipinski definition) is 9. The van der Waals surface area contributed by atoms with Gasteiger partial charge < -0.3 is 19.1 Å². The van der Waals surface area contributed by atoms with Gasteiger partial charge >= 0.3 is 11.9 Å². The van der Waals surface area contributed by atoms with Crippen molar-refractivity contribution in [1.82, 2.24) is 14.8 Å². The van der Waals surface area contributed by atoms with Gasteiger partial charge in [0.1, 0.15) is 25.0 Å². The zero-order chi connectivity index (χ0) is 33.7. The lowest BCUT2D eigenvalue weighted by Gasteiger charge is -2.37. The largest absolute Gasteiger partial charge is 0.465 e. The molecule has 2 aliphatic rings. The van der Waals surface area contributed by atoms with Gasteiger partial charge in [0.2, 0.25) is 5.70 Å². The molecule has 1 saturated carbocycles. The average Bonchev–Trinajstić information content (AvgIpc) is 3.59. The van der Waals surface area contributed by atoms with Crippen LogP contribution in [0.1, 0.15) is 53.3 Å². The second-order valence-electron chi connectivity index (χ2n) is 12.0. The van der Waals surface area contributed by atoms with Crippen molar-refractivity contribution in [3.8, 4) is 11.4 Å². The molecule has 0 saturated heterocycles. The number of anilines is 1. The fourth-order valence-electron chi connectivity index (χ4n) is 6.33. The average molecular weight is 659 g/mol. The smallest absolute Gasteiger partial charge is 0.331 e. The Hall–Kier alpha value is -4.53. The second kappa shape index (κ2) is 14.9. The molecule has 0 N–H and O–H groups in total. The molecular weight excluding hydrogens is 620 g/mol. The predicted octanol–water partition coefficient (Wildman–Crippen LogP) is 6.80. The number of hydrogen-bond donors (Lipinski definition) is 0. The number of allylic oxidation sites excluding steroid dienone is 1. The van der Waals surface area contributed by atoms with Gasteiger partial charge in [-0.3, -0.25) is 4.79 Å². The molecule has 0 bridgehead atoms. The highest BCUT2D eigenvalue weighted by atomic mass is 35.5. The summed E-state index contributed by atoms with van der Waals surface area (Å²) < 4.78 is 18.2. The highest BCUT2D eigenvalue weighted by Gasteiger charge is 2.41. The molecule has 1 fully saturated rings. The summed E-state index contributed by atoms with van der Waals surface area (Å²) in [4.78, 5) is 41.1. The van der Waals surface area contributed by atoms with Gasteiger partial charge in [-0.15, -0.1) is 5.10 Å². The first-order valence-corrected chi connectivity index (χ1v) is 16.3. The summed E-state index contributed by atoms with van der Waals surface area (Å²) in [7, 11) is 0. The van der Waals surface area contributed by atoms with Crippen LogP contribution in [0, 0.1) is 24.3 Å². The lowest BCUT2D eigenvalue weighted by molar-refractivity contribution is -0.150. The summed E-state index contributed by atoms with van der Waals surface area (Å²) in [5.41, 5.74) is 1.70. The standard InChI is InChI=1S/C35H39ClN6O5/c1-7-45-20-41(19-28(43)46-8-2)25-14-15-27(26(36)18-25)38-34-30(37-6)29(35(44)47-31-22(4)16-21(3)17-23(31)5)33-39-32(40-42(33)34)24-12-10-9-11-13-24/h9-15,18,21-23,31H,7-8,16-17,19-20H2,1-5H3. The van der Waals surface area contributed by atoms with Crippen molar-refractivity contribution in [2.75, 3.05) is 31.4 Å². The monoisotopic (exact) mass is 658 g/mol. The molecule has 12 heteroatoms. The number of nitrogens with zero attached hydrogens (tertiary/aromatic N) is 6. The molecule has 0 spiro atoms.